The van der Waals surface area contributed by atoms with Gasteiger partial charge in [0.1, 0.15) is 11.5 Å². The molecular formula is C42H27N3O. The largest absolute Gasteiger partial charge is 0.456 e. The van der Waals surface area contributed by atoms with Crippen molar-refractivity contribution >= 4 is 34.0 Å². The maximum Gasteiger partial charge on any atom is 0.160 e. The molecule has 0 atom stereocenters. The first kappa shape index (κ1) is 26.2. The van der Waals surface area contributed by atoms with Crippen LogP contribution >= 0.6 is 0 Å². The molecule has 6 aromatic carbocycles. The first-order valence-corrected chi connectivity index (χ1v) is 15.4. The Labute approximate surface area is 266 Å². The molecule has 8 aromatic rings. The molecule has 0 bridgehead atoms. The standard InChI is InChI=1S/C42H27N3O/c1-3-12-28(13-4-1)36-26-37(44-42(43-36)30-15-5-2-6-16-30)31-17-11-18-33(24-31)45-38-20-9-8-19-34(38)35-25-32-23-22-29-14-7-10-21-40(29)46-41(32)27-39(35)45/h1-27H. The Morgan fingerprint density at radius 2 is 1.11 bits per heavy atom. The zero-order valence-corrected chi connectivity index (χ0v) is 24.8. The van der Waals surface area contributed by atoms with Crippen molar-refractivity contribution in [3.63, 3.8) is 0 Å². The maximum absolute atomic E-state index is 6.51. The molecule has 1 aliphatic rings. The minimum Gasteiger partial charge on any atom is -0.456 e. The van der Waals surface area contributed by atoms with Crippen LogP contribution in [-0.2, 0) is 0 Å². The van der Waals surface area contributed by atoms with Gasteiger partial charge in [0.2, 0.25) is 0 Å². The summed E-state index contributed by atoms with van der Waals surface area (Å²) in [5.74, 6) is 2.39. The van der Waals surface area contributed by atoms with Crippen LogP contribution in [0, 0.1) is 0 Å². The van der Waals surface area contributed by atoms with Crippen LogP contribution in [0.15, 0.2) is 152 Å². The summed E-state index contributed by atoms with van der Waals surface area (Å²) in [5.41, 5.74) is 10.2. The van der Waals surface area contributed by atoms with Gasteiger partial charge in [-0.3, -0.25) is 0 Å². The monoisotopic (exact) mass is 589 g/mol. The Morgan fingerprint density at radius 3 is 1.96 bits per heavy atom. The van der Waals surface area contributed by atoms with Gasteiger partial charge in [-0.25, -0.2) is 9.97 Å². The fourth-order valence-corrected chi connectivity index (χ4v) is 6.39. The third-order valence-corrected chi connectivity index (χ3v) is 8.61. The van der Waals surface area contributed by atoms with Gasteiger partial charge in [-0.15, -0.1) is 0 Å². The van der Waals surface area contributed by atoms with Gasteiger partial charge in [0.05, 0.1) is 22.4 Å². The molecule has 0 aliphatic carbocycles. The molecule has 4 heteroatoms. The number of para-hydroxylation sites is 2. The van der Waals surface area contributed by atoms with Crippen molar-refractivity contribution in [2.45, 2.75) is 0 Å². The van der Waals surface area contributed by atoms with Crippen LogP contribution in [0.5, 0.6) is 11.5 Å². The highest BCUT2D eigenvalue weighted by Crippen LogP contribution is 2.41. The smallest absolute Gasteiger partial charge is 0.160 e. The van der Waals surface area contributed by atoms with E-state index in [-0.39, 0.29) is 0 Å². The number of hydrogen-bond donors (Lipinski definition) is 0. The van der Waals surface area contributed by atoms with Crippen LogP contribution in [0.25, 0.3) is 73.5 Å². The molecule has 9 rings (SSSR count). The van der Waals surface area contributed by atoms with Crippen LogP contribution in [-0.4, -0.2) is 14.5 Å². The van der Waals surface area contributed by atoms with E-state index in [9.17, 15) is 0 Å². The SMILES string of the molecule is C1=Cc2cc3c4ccccc4n(-c4cccc(-c5cc(-c6ccccc6)nc(-c6ccccc6)n5)c4)c3cc2Oc2ccccc21. The van der Waals surface area contributed by atoms with E-state index in [1.54, 1.807) is 0 Å². The number of fused-ring (bicyclic) bond motifs is 5. The minimum atomic E-state index is 0.701. The van der Waals surface area contributed by atoms with Crippen LogP contribution in [0.1, 0.15) is 11.1 Å². The van der Waals surface area contributed by atoms with E-state index in [1.165, 1.54) is 10.8 Å². The highest BCUT2D eigenvalue weighted by atomic mass is 16.5. The topological polar surface area (TPSA) is 39.9 Å². The van der Waals surface area contributed by atoms with Crippen molar-refractivity contribution in [3.05, 3.63) is 163 Å². The third kappa shape index (κ3) is 4.47. The second kappa shape index (κ2) is 10.7. The van der Waals surface area contributed by atoms with Crippen LogP contribution < -0.4 is 4.74 Å². The normalized spacial score (nSPS) is 12.0. The first-order chi connectivity index (χ1) is 22.8. The molecule has 0 amide bonds. The predicted octanol–water partition coefficient (Wildman–Crippen LogP) is 10.9. The summed E-state index contributed by atoms with van der Waals surface area (Å²) in [6, 6.07) is 52.3. The van der Waals surface area contributed by atoms with E-state index >= 15 is 0 Å². The molecular weight excluding hydrogens is 562 g/mol. The average Bonchev–Trinajstić information content (AvgIpc) is 3.32. The molecule has 0 radical (unpaired) electrons. The van der Waals surface area contributed by atoms with Gasteiger partial charge in [0, 0.05) is 50.3 Å². The number of benzene rings is 6. The second-order valence-electron chi connectivity index (χ2n) is 11.5. The number of ether oxygens (including phenoxy) is 1. The van der Waals surface area contributed by atoms with Crippen molar-refractivity contribution in [3.8, 4) is 51.1 Å². The summed E-state index contributed by atoms with van der Waals surface area (Å²) < 4.78 is 8.84. The Balaban J connectivity index is 1.23. The minimum absolute atomic E-state index is 0.701. The van der Waals surface area contributed by atoms with Gasteiger partial charge in [-0.2, -0.15) is 0 Å². The lowest BCUT2D eigenvalue weighted by Gasteiger charge is -2.13. The summed E-state index contributed by atoms with van der Waals surface area (Å²) in [7, 11) is 0. The summed E-state index contributed by atoms with van der Waals surface area (Å²) in [6.45, 7) is 0. The molecule has 0 fully saturated rings. The highest BCUT2D eigenvalue weighted by molar-refractivity contribution is 6.10. The molecule has 4 nitrogen and oxygen atoms in total. The van der Waals surface area contributed by atoms with Crippen molar-refractivity contribution in [1.29, 1.82) is 0 Å². The Bertz CT molecular complexity index is 2380. The van der Waals surface area contributed by atoms with Gasteiger partial charge >= 0.3 is 0 Å². The lowest BCUT2D eigenvalue weighted by Crippen LogP contribution is -1.98. The highest BCUT2D eigenvalue weighted by Gasteiger charge is 2.18. The zero-order valence-electron chi connectivity index (χ0n) is 24.8. The molecule has 216 valence electrons. The number of rotatable bonds is 4. The van der Waals surface area contributed by atoms with Crippen molar-refractivity contribution in [1.82, 2.24) is 14.5 Å². The van der Waals surface area contributed by atoms with Crippen molar-refractivity contribution in [2.24, 2.45) is 0 Å². The molecule has 1 aliphatic heterocycles. The van der Waals surface area contributed by atoms with E-state index in [0.717, 1.165) is 67.4 Å². The van der Waals surface area contributed by atoms with Crippen molar-refractivity contribution < 1.29 is 4.74 Å². The molecule has 0 N–H and O–H groups in total. The van der Waals surface area contributed by atoms with Gasteiger partial charge in [0.25, 0.3) is 0 Å². The molecule has 46 heavy (non-hydrogen) atoms. The number of hydrogen-bond acceptors (Lipinski definition) is 3. The van der Waals surface area contributed by atoms with Crippen molar-refractivity contribution in [2.75, 3.05) is 0 Å². The summed E-state index contributed by atoms with van der Waals surface area (Å²) >= 11 is 0. The number of aromatic nitrogens is 3. The van der Waals surface area contributed by atoms with E-state index < -0.39 is 0 Å². The van der Waals surface area contributed by atoms with E-state index in [2.05, 4.69) is 114 Å². The second-order valence-corrected chi connectivity index (χ2v) is 11.5. The lowest BCUT2D eigenvalue weighted by atomic mass is 10.1. The maximum atomic E-state index is 6.51. The average molecular weight is 590 g/mol. The fourth-order valence-electron chi connectivity index (χ4n) is 6.39. The van der Waals surface area contributed by atoms with Crippen LogP contribution in [0.3, 0.4) is 0 Å². The molecule has 3 heterocycles. The summed E-state index contributed by atoms with van der Waals surface area (Å²) in [4.78, 5) is 10.1. The molecule has 2 aromatic heterocycles. The Hall–Kier alpha value is -6.26. The predicted molar refractivity (Wildman–Crippen MR) is 188 cm³/mol. The molecule has 0 saturated heterocycles. The lowest BCUT2D eigenvalue weighted by molar-refractivity contribution is 0.482. The van der Waals surface area contributed by atoms with Gasteiger partial charge < -0.3 is 9.30 Å². The molecule has 0 spiro atoms. The van der Waals surface area contributed by atoms with E-state index in [4.69, 9.17) is 14.7 Å². The zero-order chi connectivity index (χ0) is 30.5. The number of nitrogens with zero attached hydrogens (tertiary/aromatic N) is 3. The molecule has 0 saturated carbocycles. The third-order valence-electron chi connectivity index (χ3n) is 8.61. The van der Waals surface area contributed by atoms with Crippen LogP contribution in [0.4, 0.5) is 0 Å². The quantitative estimate of drug-likeness (QED) is 0.205. The van der Waals surface area contributed by atoms with Gasteiger partial charge in [-0.1, -0.05) is 121 Å². The molecule has 0 unspecified atom stereocenters. The summed E-state index contributed by atoms with van der Waals surface area (Å²) in [6.07, 6.45) is 4.28. The van der Waals surface area contributed by atoms with Gasteiger partial charge in [0.15, 0.2) is 5.82 Å². The summed E-state index contributed by atoms with van der Waals surface area (Å²) in [5, 5.41) is 2.37. The Kier molecular flexibility index (Phi) is 6.10. The fraction of sp³-hybridized carbons (Fsp3) is 0. The Morgan fingerprint density at radius 1 is 0.435 bits per heavy atom. The van der Waals surface area contributed by atoms with E-state index in [1.807, 2.05) is 54.6 Å². The first-order valence-electron chi connectivity index (χ1n) is 15.4. The van der Waals surface area contributed by atoms with Gasteiger partial charge in [-0.05, 0) is 36.4 Å². The van der Waals surface area contributed by atoms with E-state index in [0.29, 0.717) is 5.82 Å². The van der Waals surface area contributed by atoms with Crippen LogP contribution in [0.2, 0.25) is 0 Å².